The van der Waals surface area contributed by atoms with Gasteiger partial charge in [-0.3, -0.25) is 4.39 Å². The van der Waals surface area contributed by atoms with Gasteiger partial charge in [-0.2, -0.15) is 0 Å². The van der Waals surface area contributed by atoms with Gasteiger partial charge in [0.2, 0.25) is 0 Å². The lowest BCUT2D eigenvalue weighted by molar-refractivity contribution is 0.481. The summed E-state index contributed by atoms with van der Waals surface area (Å²) < 4.78 is 13.3. The van der Waals surface area contributed by atoms with Crippen molar-refractivity contribution in [3.63, 3.8) is 0 Å². The van der Waals surface area contributed by atoms with Crippen LogP contribution in [-0.4, -0.2) is 42.3 Å². The Morgan fingerprint density at radius 3 is 3.18 bits per heavy atom. The fourth-order valence-corrected chi connectivity index (χ4v) is 3.56. The minimum absolute atomic E-state index is 0.200. The molecule has 5 nitrogen and oxygen atoms in total. The molecule has 3 heterocycles. The average molecular weight is 370 g/mol. The lowest BCUT2D eigenvalue weighted by Gasteiger charge is -2.33. The number of pyridine rings is 1. The number of H-pyrrole nitrogens is 1. The van der Waals surface area contributed by atoms with Crippen molar-refractivity contribution < 1.29 is 4.39 Å². The van der Waals surface area contributed by atoms with E-state index < -0.39 is 0 Å². The molecule has 7 heteroatoms. The molecule has 4 N–H and O–H groups in total. The van der Waals surface area contributed by atoms with Gasteiger partial charge in [0.25, 0.3) is 0 Å². The van der Waals surface area contributed by atoms with Crippen LogP contribution in [0, 0.1) is 0 Å². The smallest absolute Gasteiger partial charge is 0.141 e. The molecule has 120 valence electrons. The van der Waals surface area contributed by atoms with Crippen LogP contribution in [0.2, 0.25) is 0 Å². The van der Waals surface area contributed by atoms with Crippen molar-refractivity contribution in [2.45, 2.75) is 25.3 Å². The number of hydrogen-bond donors (Lipinski definition) is 3. The zero-order valence-corrected chi connectivity index (χ0v) is 14.0. The zero-order valence-electron chi connectivity index (χ0n) is 12.4. The number of fused-ring (bicyclic) bond motifs is 1. The number of piperidine rings is 1. The van der Waals surface area contributed by atoms with E-state index in [4.69, 9.17) is 5.73 Å². The first-order valence-corrected chi connectivity index (χ1v) is 8.46. The molecule has 0 aromatic carbocycles. The van der Waals surface area contributed by atoms with Gasteiger partial charge < -0.3 is 20.9 Å². The van der Waals surface area contributed by atoms with Gasteiger partial charge in [-0.05, 0) is 35.2 Å². The summed E-state index contributed by atoms with van der Waals surface area (Å²) in [5.41, 5.74) is 9.04. The number of nitrogens with two attached hydrogens (primary N) is 1. The summed E-state index contributed by atoms with van der Waals surface area (Å²) in [5.74, 6) is 0. The molecule has 0 radical (unpaired) electrons. The van der Waals surface area contributed by atoms with Gasteiger partial charge in [-0.1, -0.05) is 0 Å². The first-order chi connectivity index (χ1) is 10.7. The Bertz CT molecular complexity index is 644. The monoisotopic (exact) mass is 369 g/mol. The highest BCUT2D eigenvalue weighted by Crippen LogP contribution is 2.38. The summed E-state index contributed by atoms with van der Waals surface area (Å²) in [6, 6.07) is 0.200. The van der Waals surface area contributed by atoms with E-state index in [0.29, 0.717) is 13.0 Å². The molecule has 1 atom stereocenters. The van der Waals surface area contributed by atoms with E-state index in [0.717, 1.165) is 52.8 Å². The van der Waals surface area contributed by atoms with Crippen LogP contribution in [0.5, 0.6) is 0 Å². The van der Waals surface area contributed by atoms with Crippen molar-refractivity contribution in [2.24, 2.45) is 5.73 Å². The topological polar surface area (TPSA) is 70.0 Å². The number of anilines is 2. The van der Waals surface area contributed by atoms with Crippen molar-refractivity contribution in [1.29, 1.82) is 0 Å². The van der Waals surface area contributed by atoms with E-state index in [-0.39, 0.29) is 12.7 Å². The Labute approximate surface area is 137 Å². The first kappa shape index (κ1) is 15.6. The van der Waals surface area contributed by atoms with Gasteiger partial charge in [0.05, 0.1) is 27.9 Å². The largest absolute Gasteiger partial charge is 0.383 e. The minimum Gasteiger partial charge on any atom is -0.383 e. The fourth-order valence-electron chi connectivity index (χ4n) is 3.01. The maximum absolute atomic E-state index is 12.3. The highest BCUT2D eigenvalue weighted by Gasteiger charge is 2.23. The lowest BCUT2D eigenvalue weighted by atomic mass is 10.1. The molecule has 22 heavy (non-hydrogen) atoms. The second-order valence-corrected chi connectivity index (χ2v) is 6.55. The Morgan fingerprint density at radius 1 is 1.55 bits per heavy atom. The summed E-state index contributed by atoms with van der Waals surface area (Å²) in [7, 11) is 0. The molecule has 1 aliphatic rings. The quantitative estimate of drug-likeness (QED) is 0.708. The van der Waals surface area contributed by atoms with Crippen LogP contribution >= 0.6 is 15.9 Å². The Morgan fingerprint density at radius 2 is 2.41 bits per heavy atom. The molecular weight excluding hydrogens is 349 g/mol. The Hall–Kier alpha value is -1.34. The third-order valence-electron chi connectivity index (χ3n) is 4.03. The lowest BCUT2D eigenvalue weighted by Crippen LogP contribution is -2.43. The molecule has 1 unspecified atom stereocenters. The van der Waals surface area contributed by atoms with Crippen LogP contribution in [0.1, 0.15) is 19.3 Å². The van der Waals surface area contributed by atoms with E-state index >= 15 is 0 Å². The molecular formula is C15H21BrFN5. The highest BCUT2D eigenvalue weighted by molar-refractivity contribution is 9.10. The highest BCUT2D eigenvalue weighted by atomic mass is 79.9. The number of halogens is 2. The van der Waals surface area contributed by atoms with Crippen molar-refractivity contribution >= 4 is 38.3 Å². The zero-order chi connectivity index (χ0) is 15.5. The van der Waals surface area contributed by atoms with E-state index in [1.807, 2.05) is 12.4 Å². The van der Waals surface area contributed by atoms with E-state index in [1.54, 1.807) is 0 Å². The molecule has 2 aromatic heterocycles. The molecule has 1 saturated heterocycles. The number of nitrogens with one attached hydrogen (secondary N) is 2. The van der Waals surface area contributed by atoms with Crippen LogP contribution in [0.4, 0.5) is 15.8 Å². The van der Waals surface area contributed by atoms with Crippen LogP contribution in [0.25, 0.3) is 11.0 Å². The summed E-state index contributed by atoms with van der Waals surface area (Å²) in [4.78, 5) is 9.93. The number of rotatable bonds is 5. The van der Waals surface area contributed by atoms with E-state index in [2.05, 4.69) is 36.1 Å². The number of aromatic amines is 1. The second-order valence-electron chi connectivity index (χ2n) is 5.70. The number of hydrogen-bond acceptors (Lipinski definition) is 4. The van der Waals surface area contributed by atoms with Crippen molar-refractivity contribution in [1.82, 2.24) is 9.97 Å². The summed E-state index contributed by atoms with van der Waals surface area (Å²) in [6.45, 7) is 2.12. The third-order valence-corrected chi connectivity index (χ3v) is 4.61. The number of alkyl halides is 1. The number of nitrogens with zero attached hydrogens (tertiary/aromatic N) is 2. The summed E-state index contributed by atoms with van der Waals surface area (Å²) in [6.07, 6.45) is 6.37. The van der Waals surface area contributed by atoms with Gasteiger partial charge in [-0.15, -0.1) is 0 Å². The number of aromatic nitrogens is 2. The van der Waals surface area contributed by atoms with Crippen molar-refractivity contribution in [2.75, 3.05) is 36.5 Å². The predicted octanol–water partition coefficient (Wildman–Crippen LogP) is 3.02. The molecule has 0 aliphatic carbocycles. The van der Waals surface area contributed by atoms with Crippen LogP contribution in [-0.2, 0) is 0 Å². The molecule has 0 spiro atoms. The molecule has 1 aliphatic heterocycles. The minimum atomic E-state index is -0.314. The molecule has 0 amide bonds. The molecule has 0 saturated carbocycles. The predicted molar refractivity (Wildman–Crippen MR) is 92.3 cm³/mol. The maximum Gasteiger partial charge on any atom is 0.141 e. The van der Waals surface area contributed by atoms with Crippen LogP contribution < -0.4 is 16.0 Å². The van der Waals surface area contributed by atoms with E-state index in [9.17, 15) is 4.39 Å². The van der Waals surface area contributed by atoms with Crippen LogP contribution in [0.3, 0.4) is 0 Å². The molecule has 3 rings (SSSR count). The average Bonchev–Trinajstić information content (AvgIpc) is 2.91. The Balaban J connectivity index is 1.99. The van der Waals surface area contributed by atoms with Crippen molar-refractivity contribution in [3.8, 4) is 0 Å². The normalized spacial score (nSPS) is 18.9. The van der Waals surface area contributed by atoms with Gasteiger partial charge >= 0.3 is 0 Å². The summed E-state index contributed by atoms with van der Waals surface area (Å²) >= 11 is 3.63. The SMILES string of the molecule is NC1CCCN(c2c(Br)cnc3[nH]cc(NCCCF)c23)C1. The van der Waals surface area contributed by atoms with Gasteiger partial charge in [-0.25, -0.2) is 4.98 Å². The second kappa shape index (κ2) is 6.83. The molecule has 2 aromatic rings. The third kappa shape index (κ3) is 3.05. The standard InChI is InChI=1S/C15H21BrFN5/c16-11-7-20-15-13(12(8-21-15)19-5-2-4-17)14(11)22-6-1-3-10(18)9-22/h7-8,10,19H,1-6,9,18H2,(H,20,21). The van der Waals surface area contributed by atoms with Crippen molar-refractivity contribution in [3.05, 3.63) is 16.9 Å². The van der Waals surface area contributed by atoms with Gasteiger partial charge in [0.15, 0.2) is 0 Å². The molecule has 0 bridgehead atoms. The Kier molecular flexibility index (Phi) is 4.83. The van der Waals surface area contributed by atoms with Crippen LogP contribution in [0.15, 0.2) is 16.9 Å². The first-order valence-electron chi connectivity index (χ1n) is 7.66. The fraction of sp³-hybridized carbons (Fsp3) is 0.533. The van der Waals surface area contributed by atoms with Gasteiger partial charge in [0.1, 0.15) is 5.65 Å². The maximum atomic E-state index is 12.3. The van der Waals surface area contributed by atoms with Gasteiger partial charge in [0, 0.05) is 38.1 Å². The summed E-state index contributed by atoms with van der Waals surface area (Å²) in [5, 5.41) is 4.34. The molecule has 1 fully saturated rings. The van der Waals surface area contributed by atoms with E-state index in [1.165, 1.54) is 0 Å².